The highest BCUT2D eigenvalue weighted by molar-refractivity contribution is 5.92. The molecule has 0 saturated heterocycles. The summed E-state index contributed by atoms with van der Waals surface area (Å²) in [6.45, 7) is 5.84. The van der Waals surface area contributed by atoms with Gasteiger partial charge in [-0.2, -0.15) is 0 Å². The molecule has 1 heterocycles. The van der Waals surface area contributed by atoms with E-state index in [1.165, 1.54) is 5.56 Å². The van der Waals surface area contributed by atoms with Gasteiger partial charge in [0.2, 0.25) is 0 Å². The summed E-state index contributed by atoms with van der Waals surface area (Å²) >= 11 is 0. The van der Waals surface area contributed by atoms with Crippen molar-refractivity contribution in [3.8, 4) is 28.5 Å². The molecule has 0 amide bonds. The van der Waals surface area contributed by atoms with Crippen molar-refractivity contribution in [3.05, 3.63) is 150 Å². The molecule has 0 aliphatic rings. The summed E-state index contributed by atoms with van der Waals surface area (Å²) in [6, 6.07) is 42.8. The molecule has 0 saturated carbocycles. The van der Waals surface area contributed by atoms with Crippen LogP contribution in [0.5, 0.6) is 17.2 Å². The van der Waals surface area contributed by atoms with Gasteiger partial charge in [-0.25, -0.2) is 4.79 Å². The minimum atomic E-state index is -0.380. The Morgan fingerprint density at radius 1 is 0.630 bits per heavy atom. The van der Waals surface area contributed by atoms with Gasteiger partial charge in [0, 0.05) is 17.4 Å². The van der Waals surface area contributed by atoms with Crippen molar-refractivity contribution in [2.24, 2.45) is 0 Å². The lowest BCUT2D eigenvalue weighted by Gasteiger charge is -2.14. The van der Waals surface area contributed by atoms with Crippen molar-refractivity contribution in [2.45, 2.75) is 33.6 Å². The van der Waals surface area contributed by atoms with Crippen molar-refractivity contribution >= 4 is 16.9 Å². The molecule has 0 unspecified atom stereocenters. The highest BCUT2D eigenvalue weighted by Gasteiger charge is 2.18. The van der Waals surface area contributed by atoms with Gasteiger partial charge < -0.3 is 23.5 Å². The van der Waals surface area contributed by atoms with Crippen LogP contribution in [0, 0.1) is 6.92 Å². The van der Waals surface area contributed by atoms with E-state index < -0.39 is 0 Å². The van der Waals surface area contributed by atoms with Crippen molar-refractivity contribution in [1.82, 2.24) is 4.57 Å². The molecule has 0 atom stereocenters. The van der Waals surface area contributed by atoms with Crippen LogP contribution in [-0.4, -0.2) is 23.8 Å². The average Bonchev–Trinajstić information content (AvgIpc) is 3.37. The third-order valence-corrected chi connectivity index (χ3v) is 7.84. The molecule has 0 N–H and O–H groups in total. The molecule has 6 nitrogen and oxygen atoms in total. The van der Waals surface area contributed by atoms with E-state index in [0.717, 1.165) is 50.3 Å². The molecule has 0 fully saturated rings. The number of carbonyl (C=O) groups excluding carboxylic acids is 1. The lowest BCUT2D eigenvalue weighted by atomic mass is 10.1. The Hall–Kier alpha value is -5.49. The van der Waals surface area contributed by atoms with E-state index in [4.69, 9.17) is 18.9 Å². The van der Waals surface area contributed by atoms with Gasteiger partial charge in [0.15, 0.2) is 6.61 Å². The smallest absolute Gasteiger partial charge is 0.344 e. The van der Waals surface area contributed by atoms with Crippen molar-refractivity contribution < 1.29 is 23.7 Å². The molecular weight excluding hydrogens is 574 g/mol. The Kier molecular flexibility index (Phi) is 9.64. The minimum Gasteiger partial charge on any atom is -0.489 e. The van der Waals surface area contributed by atoms with Crippen LogP contribution in [0.4, 0.5) is 0 Å². The summed E-state index contributed by atoms with van der Waals surface area (Å²) in [5, 5.41) is 1.14. The predicted octanol–water partition coefficient (Wildman–Crippen LogP) is 8.76. The van der Waals surface area contributed by atoms with Crippen molar-refractivity contribution in [2.75, 3.05) is 13.2 Å². The molecule has 6 aromatic rings. The Morgan fingerprint density at radius 3 is 1.83 bits per heavy atom. The third kappa shape index (κ3) is 7.41. The fourth-order valence-electron chi connectivity index (χ4n) is 5.54. The fraction of sp³-hybridized carbons (Fsp3) is 0.175. The van der Waals surface area contributed by atoms with Gasteiger partial charge >= 0.3 is 5.97 Å². The van der Waals surface area contributed by atoms with Gasteiger partial charge in [0.05, 0.1) is 12.3 Å². The first-order valence-corrected chi connectivity index (χ1v) is 15.5. The van der Waals surface area contributed by atoms with Crippen LogP contribution >= 0.6 is 0 Å². The number of ether oxygens (including phenoxy) is 4. The molecule has 0 aliphatic heterocycles. The Balaban J connectivity index is 1.28. The van der Waals surface area contributed by atoms with E-state index in [2.05, 4.69) is 60.0 Å². The second-order valence-electron chi connectivity index (χ2n) is 11.0. The Morgan fingerprint density at radius 2 is 1.20 bits per heavy atom. The normalized spacial score (nSPS) is 10.9. The van der Waals surface area contributed by atoms with E-state index in [9.17, 15) is 4.79 Å². The van der Waals surface area contributed by atoms with Crippen LogP contribution in [0.15, 0.2) is 127 Å². The molecule has 0 bridgehead atoms. The van der Waals surface area contributed by atoms with E-state index in [-0.39, 0.29) is 12.6 Å². The first kappa shape index (κ1) is 30.5. The maximum absolute atomic E-state index is 11.7. The number of aryl methyl sites for hydroxylation is 1. The van der Waals surface area contributed by atoms with Gasteiger partial charge in [-0.3, -0.25) is 0 Å². The van der Waals surface area contributed by atoms with E-state index >= 15 is 0 Å². The van der Waals surface area contributed by atoms with Gasteiger partial charge in [0.1, 0.15) is 30.5 Å². The number of nitrogens with zero attached hydrogens (tertiary/aromatic N) is 1. The highest BCUT2D eigenvalue weighted by atomic mass is 16.6. The predicted molar refractivity (Wildman–Crippen MR) is 181 cm³/mol. The standard InChI is InChI=1S/C40H37NO5/c1-3-43-39(42)28-46-34-18-14-30(15-19-34)25-41-38-23-22-36(45-27-32-12-8-5-9-13-32)24-37(38)29(2)40(41)33-16-20-35(21-17-33)44-26-31-10-6-4-7-11-31/h4-24H,3,25-28H2,1-2H3. The fourth-order valence-corrected chi connectivity index (χ4v) is 5.54. The molecule has 1 aromatic heterocycles. The number of rotatable bonds is 13. The number of hydrogen-bond donors (Lipinski definition) is 0. The Labute approximate surface area is 269 Å². The van der Waals surface area contributed by atoms with Crippen LogP contribution in [-0.2, 0) is 29.3 Å². The number of carbonyl (C=O) groups is 1. The molecule has 232 valence electrons. The summed E-state index contributed by atoms with van der Waals surface area (Å²) in [5.41, 5.74) is 7.88. The molecular formula is C40H37NO5. The van der Waals surface area contributed by atoms with Crippen LogP contribution in [0.3, 0.4) is 0 Å². The zero-order valence-corrected chi connectivity index (χ0v) is 26.1. The van der Waals surface area contributed by atoms with Crippen LogP contribution in [0.2, 0.25) is 0 Å². The van der Waals surface area contributed by atoms with E-state index in [0.29, 0.717) is 32.1 Å². The monoisotopic (exact) mass is 611 g/mol. The van der Waals surface area contributed by atoms with Crippen LogP contribution < -0.4 is 14.2 Å². The molecule has 0 aliphatic carbocycles. The van der Waals surface area contributed by atoms with Gasteiger partial charge in [-0.15, -0.1) is 0 Å². The average molecular weight is 612 g/mol. The van der Waals surface area contributed by atoms with Crippen molar-refractivity contribution in [1.29, 1.82) is 0 Å². The second-order valence-corrected chi connectivity index (χ2v) is 11.0. The number of fused-ring (bicyclic) bond motifs is 1. The summed E-state index contributed by atoms with van der Waals surface area (Å²) in [7, 11) is 0. The van der Waals surface area contributed by atoms with Crippen LogP contribution in [0.25, 0.3) is 22.2 Å². The second kappa shape index (κ2) is 14.5. The summed E-state index contributed by atoms with van der Waals surface area (Å²) < 4.78 is 25.2. The van der Waals surface area contributed by atoms with Gasteiger partial charge in [-0.1, -0.05) is 72.8 Å². The number of aromatic nitrogens is 1. The maximum atomic E-state index is 11.7. The largest absolute Gasteiger partial charge is 0.489 e. The molecule has 6 heteroatoms. The van der Waals surface area contributed by atoms with Gasteiger partial charge in [-0.05, 0) is 96.3 Å². The Bertz CT molecular complexity index is 1880. The lowest BCUT2D eigenvalue weighted by Crippen LogP contribution is -2.14. The topological polar surface area (TPSA) is 58.9 Å². The molecule has 0 spiro atoms. The number of esters is 1. The number of hydrogen-bond acceptors (Lipinski definition) is 5. The SMILES string of the molecule is CCOC(=O)COc1ccc(Cn2c(-c3ccc(OCc4ccccc4)cc3)c(C)c3cc(OCc4ccccc4)ccc32)cc1. The van der Waals surface area contributed by atoms with Crippen LogP contribution in [0.1, 0.15) is 29.2 Å². The zero-order chi connectivity index (χ0) is 31.7. The maximum Gasteiger partial charge on any atom is 0.344 e. The zero-order valence-electron chi connectivity index (χ0n) is 26.1. The highest BCUT2D eigenvalue weighted by Crippen LogP contribution is 2.37. The molecule has 6 rings (SSSR count). The summed E-state index contributed by atoms with van der Waals surface area (Å²) in [5.74, 6) is 1.89. The molecule has 5 aromatic carbocycles. The molecule has 0 radical (unpaired) electrons. The minimum absolute atomic E-state index is 0.113. The summed E-state index contributed by atoms with van der Waals surface area (Å²) in [4.78, 5) is 11.7. The molecule has 46 heavy (non-hydrogen) atoms. The van der Waals surface area contributed by atoms with E-state index in [1.807, 2.05) is 78.9 Å². The quantitative estimate of drug-likeness (QED) is 0.122. The van der Waals surface area contributed by atoms with Crippen molar-refractivity contribution in [3.63, 3.8) is 0 Å². The number of benzene rings is 5. The summed E-state index contributed by atoms with van der Waals surface area (Å²) in [6.07, 6.45) is 0. The first-order chi connectivity index (χ1) is 22.6. The van der Waals surface area contributed by atoms with Gasteiger partial charge in [0.25, 0.3) is 0 Å². The van der Waals surface area contributed by atoms with E-state index in [1.54, 1.807) is 6.92 Å². The lowest BCUT2D eigenvalue weighted by molar-refractivity contribution is -0.145. The first-order valence-electron chi connectivity index (χ1n) is 15.5. The third-order valence-electron chi connectivity index (χ3n) is 7.84.